The molecule has 1 atom stereocenters. The van der Waals surface area contributed by atoms with Crippen LogP contribution in [-0.4, -0.2) is 36.6 Å². The first kappa shape index (κ1) is 14.8. The van der Waals surface area contributed by atoms with Gasteiger partial charge in [0.25, 0.3) is 0 Å². The molecule has 0 fully saturated rings. The van der Waals surface area contributed by atoms with Crippen molar-refractivity contribution in [3.63, 3.8) is 0 Å². The first-order chi connectivity index (χ1) is 8.41. The maximum atomic E-state index is 11.4. The number of hydrogen-bond donors (Lipinski definition) is 1. The maximum Gasteiger partial charge on any atom is 0.225 e. The highest BCUT2D eigenvalue weighted by Crippen LogP contribution is 2.28. The molecular weight excluding hydrogens is 254 g/mol. The van der Waals surface area contributed by atoms with Crippen molar-refractivity contribution in [3.05, 3.63) is 28.8 Å². The molecule has 0 bridgehead atoms. The molecule has 0 aromatic heterocycles. The molecule has 0 aliphatic rings. The molecule has 1 rings (SSSR count). The van der Waals surface area contributed by atoms with Crippen LogP contribution >= 0.6 is 11.6 Å². The highest BCUT2D eigenvalue weighted by molar-refractivity contribution is 6.30. The summed E-state index contributed by atoms with van der Waals surface area (Å²) in [6.07, 6.45) is -0.363. The molecule has 100 valence electrons. The number of halogens is 1. The lowest BCUT2D eigenvalue weighted by atomic mass is 10.1. The molecule has 0 radical (unpaired) electrons. The zero-order valence-corrected chi connectivity index (χ0v) is 11.6. The standard InChI is InChI=1S/C13H18ClNO3/c1-9(16)11-8-10(14)4-5-12(11)18-7-6-13(17)15(2)3/h4-5,8-9,16H,6-7H2,1-3H3/t9-/m1/s1. The predicted octanol–water partition coefficient (Wildman–Crippen LogP) is 2.25. The van der Waals surface area contributed by atoms with E-state index in [-0.39, 0.29) is 12.5 Å². The van der Waals surface area contributed by atoms with Crippen molar-refractivity contribution in [1.29, 1.82) is 0 Å². The van der Waals surface area contributed by atoms with Crippen molar-refractivity contribution in [2.45, 2.75) is 19.4 Å². The minimum Gasteiger partial charge on any atom is -0.493 e. The molecule has 1 aromatic carbocycles. The Morgan fingerprint density at radius 3 is 2.72 bits per heavy atom. The van der Waals surface area contributed by atoms with Crippen molar-refractivity contribution >= 4 is 17.5 Å². The van der Waals surface area contributed by atoms with E-state index in [1.54, 1.807) is 39.2 Å². The van der Waals surface area contributed by atoms with Gasteiger partial charge in [-0.3, -0.25) is 4.79 Å². The van der Waals surface area contributed by atoms with Gasteiger partial charge in [0.15, 0.2) is 0 Å². The number of hydrogen-bond acceptors (Lipinski definition) is 3. The lowest BCUT2D eigenvalue weighted by Crippen LogP contribution is -2.23. The Morgan fingerprint density at radius 2 is 2.17 bits per heavy atom. The Hall–Kier alpha value is -1.26. The van der Waals surface area contributed by atoms with E-state index in [0.717, 1.165) is 0 Å². The van der Waals surface area contributed by atoms with E-state index in [0.29, 0.717) is 22.8 Å². The topological polar surface area (TPSA) is 49.8 Å². The molecule has 0 unspecified atom stereocenters. The largest absolute Gasteiger partial charge is 0.493 e. The molecule has 1 N–H and O–H groups in total. The van der Waals surface area contributed by atoms with Crippen LogP contribution in [0, 0.1) is 0 Å². The second-order valence-corrected chi connectivity index (χ2v) is 4.68. The molecule has 4 nitrogen and oxygen atoms in total. The summed E-state index contributed by atoms with van der Waals surface area (Å²) in [5.74, 6) is 0.559. The van der Waals surface area contributed by atoms with Crippen LogP contribution in [0.3, 0.4) is 0 Å². The quantitative estimate of drug-likeness (QED) is 0.894. The molecule has 18 heavy (non-hydrogen) atoms. The monoisotopic (exact) mass is 271 g/mol. The van der Waals surface area contributed by atoms with Gasteiger partial charge in [-0.1, -0.05) is 11.6 Å². The Labute approximate surface area is 112 Å². The van der Waals surface area contributed by atoms with Gasteiger partial charge in [-0.15, -0.1) is 0 Å². The van der Waals surface area contributed by atoms with E-state index < -0.39 is 6.10 Å². The fourth-order valence-corrected chi connectivity index (χ4v) is 1.63. The number of carbonyl (C=O) groups excluding carboxylic acids is 1. The van der Waals surface area contributed by atoms with Gasteiger partial charge >= 0.3 is 0 Å². The van der Waals surface area contributed by atoms with Gasteiger partial charge in [0.05, 0.1) is 19.1 Å². The number of rotatable bonds is 5. The van der Waals surface area contributed by atoms with E-state index in [2.05, 4.69) is 0 Å². The minimum absolute atomic E-state index is 0.00237. The molecule has 1 amide bonds. The molecular formula is C13H18ClNO3. The molecule has 0 saturated carbocycles. The van der Waals surface area contributed by atoms with Crippen molar-refractivity contribution in [2.24, 2.45) is 0 Å². The third kappa shape index (κ3) is 4.20. The molecule has 0 aliphatic heterocycles. The third-order valence-electron chi connectivity index (χ3n) is 2.49. The molecule has 5 heteroatoms. The van der Waals surface area contributed by atoms with Crippen molar-refractivity contribution in [1.82, 2.24) is 4.90 Å². The van der Waals surface area contributed by atoms with Gasteiger partial charge in [0.2, 0.25) is 5.91 Å². The van der Waals surface area contributed by atoms with Crippen LogP contribution in [0.15, 0.2) is 18.2 Å². The zero-order chi connectivity index (χ0) is 13.7. The van der Waals surface area contributed by atoms with Gasteiger partial charge in [0, 0.05) is 24.7 Å². The minimum atomic E-state index is -0.664. The van der Waals surface area contributed by atoms with E-state index in [9.17, 15) is 9.90 Å². The first-order valence-corrected chi connectivity index (χ1v) is 6.10. The van der Waals surface area contributed by atoms with Crippen LogP contribution in [0.25, 0.3) is 0 Å². The Kier molecular flexibility index (Phi) is 5.44. The highest BCUT2D eigenvalue weighted by atomic mass is 35.5. The van der Waals surface area contributed by atoms with Gasteiger partial charge in [-0.25, -0.2) is 0 Å². The number of aliphatic hydroxyl groups excluding tert-OH is 1. The van der Waals surface area contributed by atoms with E-state index >= 15 is 0 Å². The number of aliphatic hydroxyl groups is 1. The van der Waals surface area contributed by atoms with Gasteiger partial charge in [-0.2, -0.15) is 0 Å². The van der Waals surface area contributed by atoms with Crippen LogP contribution in [0.5, 0.6) is 5.75 Å². The van der Waals surface area contributed by atoms with Crippen LogP contribution < -0.4 is 4.74 Å². The third-order valence-corrected chi connectivity index (χ3v) is 2.73. The summed E-state index contributed by atoms with van der Waals surface area (Å²) in [4.78, 5) is 12.9. The van der Waals surface area contributed by atoms with Crippen LogP contribution in [-0.2, 0) is 4.79 Å². The summed E-state index contributed by atoms with van der Waals surface area (Å²) in [5.41, 5.74) is 0.625. The molecule has 0 heterocycles. The summed E-state index contributed by atoms with van der Waals surface area (Å²) >= 11 is 5.86. The first-order valence-electron chi connectivity index (χ1n) is 5.72. The van der Waals surface area contributed by atoms with Crippen molar-refractivity contribution < 1.29 is 14.6 Å². The maximum absolute atomic E-state index is 11.4. The van der Waals surface area contributed by atoms with E-state index in [1.807, 2.05) is 0 Å². The normalized spacial score (nSPS) is 12.1. The number of amides is 1. The molecule has 1 aromatic rings. The Balaban J connectivity index is 2.65. The molecule has 0 saturated heterocycles. The number of nitrogens with zero attached hydrogens (tertiary/aromatic N) is 1. The summed E-state index contributed by atoms with van der Waals surface area (Å²) in [6, 6.07) is 5.05. The lowest BCUT2D eigenvalue weighted by Gasteiger charge is -2.15. The van der Waals surface area contributed by atoms with Gasteiger partial charge < -0.3 is 14.7 Å². The van der Waals surface area contributed by atoms with Crippen LogP contribution in [0.4, 0.5) is 0 Å². The SMILES string of the molecule is C[C@@H](O)c1cc(Cl)ccc1OCCC(=O)N(C)C. The second-order valence-electron chi connectivity index (χ2n) is 4.24. The fourth-order valence-electron chi connectivity index (χ4n) is 1.45. The predicted molar refractivity (Wildman–Crippen MR) is 70.9 cm³/mol. The Morgan fingerprint density at radius 1 is 1.50 bits per heavy atom. The average molecular weight is 272 g/mol. The zero-order valence-electron chi connectivity index (χ0n) is 10.8. The number of benzene rings is 1. The second kappa shape index (κ2) is 6.61. The molecule has 0 aliphatic carbocycles. The van der Waals surface area contributed by atoms with E-state index in [1.165, 1.54) is 4.90 Å². The van der Waals surface area contributed by atoms with E-state index in [4.69, 9.17) is 16.3 Å². The smallest absolute Gasteiger partial charge is 0.225 e. The van der Waals surface area contributed by atoms with Gasteiger partial charge in [-0.05, 0) is 25.1 Å². The number of carbonyl (C=O) groups is 1. The Bertz CT molecular complexity index is 419. The van der Waals surface area contributed by atoms with Gasteiger partial charge in [0.1, 0.15) is 5.75 Å². The van der Waals surface area contributed by atoms with Crippen LogP contribution in [0.1, 0.15) is 25.0 Å². The summed E-state index contributed by atoms with van der Waals surface area (Å²) in [6.45, 7) is 1.92. The van der Waals surface area contributed by atoms with Crippen LogP contribution in [0.2, 0.25) is 5.02 Å². The van der Waals surface area contributed by atoms with Crippen molar-refractivity contribution in [3.8, 4) is 5.75 Å². The summed E-state index contributed by atoms with van der Waals surface area (Å²) in [5, 5.41) is 10.2. The van der Waals surface area contributed by atoms with Crippen molar-refractivity contribution in [2.75, 3.05) is 20.7 Å². The molecule has 0 spiro atoms. The summed E-state index contributed by atoms with van der Waals surface area (Å²) < 4.78 is 5.51. The highest BCUT2D eigenvalue weighted by Gasteiger charge is 2.11. The average Bonchev–Trinajstić information content (AvgIpc) is 2.30. The number of ether oxygens (including phenoxy) is 1. The fraction of sp³-hybridized carbons (Fsp3) is 0.462. The summed E-state index contributed by atoms with van der Waals surface area (Å²) in [7, 11) is 3.40. The lowest BCUT2D eigenvalue weighted by molar-refractivity contribution is -0.129.